The monoisotopic (exact) mass is 621 g/mol. The molecule has 220 valence electrons. The second-order valence-electron chi connectivity index (χ2n) is 9.46. The average Bonchev–Trinajstić information content (AvgIpc) is 2.94. The summed E-state index contributed by atoms with van der Waals surface area (Å²) in [4.78, 5) is 28.4. The van der Waals surface area contributed by atoms with E-state index >= 15 is 0 Å². The minimum atomic E-state index is -4.29. The summed E-state index contributed by atoms with van der Waals surface area (Å²) in [6.07, 6.45) is 0. The molecule has 3 rings (SSSR count). The van der Waals surface area contributed by atoms with Gasteiger partial charge in [0.2, 0.25) is 11.8 Å². The lowest BCUT2D eigenvalue weighted by Crippen LogP contribution is -2.52. The van der Waals surface area contributed by atoms with Crippen LogP contribution in [0.25, 0.3) is 0 Å². The SMILES string of the molecule is COc1ccc(OC)c(N(CC(=O)N(Cc2ccc(Cl)cc2Cl)[C@@H](C)C(=O)NC(C)C)S(=O)(=O)c2ccccc2)c1. The molecule has 0 aliphatic carbocycles. The van der Waals surface area contributed by atoms with E-state index in [0.717, 1.165) is 4.31 Å². The lowest BCUT2D eigenvalue weighted by molar-refractivity contribution is -0.139. The number of hydrogen-bond donors (Lipinski definition) is 1. The van der Waals surface area contributed by atoms with Crippen molar-refractivity contribution >= 4 is 50.7 Å². The van der Waals surface area contributed by atoms with E-state index in [0.29, 0.717) is 21.4 Å². The molecule has 1 N–H and O–H groups in total. The van der Waals surface area contributed by atoms with Crippen LogP contribution in [-0.4, -0.2) is 58.0 Å². The Morgan fingerprint density at radius 3 is 2.20 bits per heavy atom. The Hall–Kier alpha value is -3.47. The molecule has 0 aromatic heterocycles. The molecule has 0 aliphatic heterocycles. The molecule has 1 atom stereocenters. The van der Waals surface area contributed by atoms with Crippen molar-refractivity contribution in [1.29, 1.82) is 0 Å². The third-order valence-corrected chi connectivity index (χ3v) is 8.58. The van der Waals surface area contributed by atoms with Crippen LogP contribution in [-0.2, 0) is 26.2 Å². The number of hydrogen-bond acceptors (Lipinski definition) is 6. The van der Waals surface area contributed by atoms with Crippen LogP contribution < -0.4 is 19.1 Å². The molecule has 3 aromatic rings. The summed E-state index contributed by atoms with van der Waals surface area (Å²) in [5.41, 5.74) is 0.623. The summed E-state index contributed by atoms with van der Waals surface area (Å²) in [5, 5.41) is 3.52. The van der Waals surface area contributed by atoms with Gasteiger partial charge in [-0.1, -0.05) is 47.5 Å². The number of benzene rings is 3. The molecule has 0 saturated heterocycles. The van der Waals surface area contributed by atoms with Crippen molar-refractivity contribution in [2.45, 2.75) is 44.3 Å². The third-order valence-electron chi connectivity index (χ3n) is 6.22. The summed E-state index contributed by atoms with van der Waals surface area (Å²) < 4.78 is 39.8. The quantitative estimate of drug-likeness (QED) is 0.300. The first-order chi connectivity index (χ1) is 19.4. The first-order valence-electron chi connectivity index (χ1n) is 12.7. The number of carbonyl (C=O) groups is 2. The predicted octanol–water partition coefficient (Wildman–Crippen LogP) is 5.15. The fourth-order valence-corrected chi connectivity index (χ4v) is 5.95. The molecule has 3 aromatic carbocycles. The molecule has 0 bridgehead atoms. The van der Waals surface area contributed by atoms with Crippen molar-refractivity contribution in [3.8, 4) is 11.5 Å². The summed E-state index contributed by atoms with van der Waals surface area (Å²) in [6, 6.07) is 16.0. The van der Waals surface area contributed by atoms with Crippen molar-refractivity contribution in [1.82, 2.24) is 10.2 Å². The molecular formula is C29H33Cl2N3O6S. The first kappa shape index (κ1) is 32.0. The number of carbonyl (C=O) groups excluding carboxylic acids is 2. The van der Waals surface area contributed by atoms with Crippen molar-refractivity contribution in [3.63, 3.8) is 0 Å². The van der Waals surface area contributed by atoms with E-state index in [1.54, 1.807) is 63.2 Å². The lowest BCUT2D eigenvalue weighted by Gasteiger charge is -2.33. The molecule has 9 nitrogen and oxygen atoms in total. The molecular weight excluding hydrogens is 589 g/mol. The van der Waals surface area contributed by atoms with Gasteiger partial charge in [0, 0.05) is 28.7 Å². The Morgan fingerprint density at radius 2 is 1.61 bits per heavy atom. The number of nitrogens with one attached hydrogen (secondary N) is 1. The Morgan fingerprint density at radius 1 is 0.927 bits per heavy atom. The number of sulfonamides is 1. The fourth-order valence-electron chi connectivity index (χ4n) is 4.05. The fraction of sp³-hybridized carbons (Fsp3) is 0.310. The van der Waals surface area contributed by atoms with Crippen molar-refractivity contribution < 1.29 is 27.5 Å². The Labute approximate surface area is 251 Å². The van der Waals surface area contributed by atoms with E-state index in [1.807, 2.05) is 0 Å². The van der Waals surface area contributed by atoms with Crippen LogP contribution in [0, 0.1) is 0 Å². The van der Waals surface area contributed by atoms with Crippen LogP contribution in [0.15, 0.2) is 71.6 Å². The molecule has 0 fully saturated rings. The molecule has 0 spiro atoms. The zero-order chi connectivity index (χ0) is 30.3. The number of ether oxygens (including phenoxy) is 2. The number of amides is 2. The van der Waals surface area contributed by atoms with Gasteiger partial charge < -0.3 is 19.7 Å². The van der Waals surface area contributed by atoms with Gasteiger partial charge in [0.25, 0.3) is 10.0 Å². The number of nitrogens with zero attached hydrogens (tertiary/aromatic N) is 2. The Balaban J connectivity index is 2.13. The van der Waals surface area contributed by atoms with Gasteiger partial charge in [-0.2, -0.15) is 0 Å². The Bertz CT molecular complexity index is 1490. The van der Waals surface area contributed by atoms with Crippen molar-refractivity contribution in [2.24, 2.45) is 0 Å². The van der Waals surface area contributed by atoms with Gasteiger partial charge in [0.15, 0.2) is 0 Å². The first-order valence-corrected chi connectivity index (χ1v) is 14.9. The van der Waals surface area contributed by atoms with Gasteiger partial charge in [-0.15, -0.1) is 0 Å². The second-order valence-corrected chi connectivity index (χ2v) is 12.2. The van der Waals surface area contributed by atoms with E-state index in [2.05, 4.69) is 5.32 Å². The standard InChI is InChI=1S/C29H33Cl2N3O6S/c1-19(2)32-29(36)20(3)33(17-21-11-12-22(30)15-25(21)31)28(35)18-34(41(37,38)24-9-7-6-8-10-24)26-16-23(39-4)13-14-27(26)40-5/h6-16,19-20H,17-18H2,1-5H3,(H,32,36)/t20-/m0/s1. The lowest BCUT2D eigenvalue weighted by atomic mass is 10.1. The van der Waals surface area contributed by atoms with Gasteiger partial charge in [0.1, 0.15) is 24.1 Å². The van der Waals surface area contributed by atoms with Crippen LogP contribution in [0.1, 0.15) is 26.3 Å². The summed E-state index contributed by atoms with van der Waals surface area (Å²) >= 11 is 12.5. The smallest absolute Gasteiger partial charge is 0.264 e. The zero-order valence-corrected chi connectivity index (χ0v) is 25.8. The van der Waals surface area contributed by atoms with Crippen molar-refractivity contribution in [3.05, 3.63) is 82.3 Å². The van der Waals surface area contributed by atoms with Crippen molar-refractivity contribution in [2.75, 3.05) is 25.1 Å². The third kappa shape index (κ3) is 7.84. The van der Waals surface area contributed by atoms with E-state index in [4.69, 9.17) is 32.7 Å². The minimum Gasteiger partial charge on any atom is -0.497 e. The highest BCUT2D eigenvalue weighted by molar-refractivity contribution is 7.92. The normalized spacial score (nSPS) is 12.0. The molecule has 0 aliphatic rings. The topological polar surface area (TPSA) is 105 Å². The largest absolute Gasteiger partial charge is 0.497 e. The maximum absolute atomic E-state index is 14.1. The summed E-state index contributed by atoms with van der Waals surface area (Å²) in [5.74, 6) is -0.492. The molecule has 12 heteroatoms. The van der Waals surface area contributed by atoms with Crippen LogP contribution >= 0.6 is 23.2 Å². The molecule has 0 saturated carbocycles. The molecule has 2 amide bonds. The van der Waals surface area contributed by atoms with Crippen LogP contribution in [0.3, 0.4) is 0 Å². The van der Waals surface area contributed by atoms with Gasteiger partial charge in [-0.25, -0.2) is 8.42 Å². The van der Waals surface area contributed by atoms with Gasteiger partial charge >= 0.3 is 0 Å². The molecule has 0 unspecified atom stereocenters. The summed E-state index contributed by atoms with van der Waals surface area (Å²) in [7, 11) is -1.45. The van der Waals surface area contributed by atoms with Gasteiger partial charge in [-0.05, 0) is 62.7 Å². The van der Waals surface area contributed by atoms with E-state index < -0.39 is 34.4 Å². The highest BCUT2D eigenvalue weighted by atomic mass is 35.5. The maximum Gasteiger partial charge on any atom is 0.264 e. The van der Waals surface area contributed by atoms with Crippen LogP contribution in [0.5, 0.6) is 11.5 Å². The van der Waals surface area contributed by atoms with E-state index in [9.17, 15) is 18.0 Å². The number of methoxy groups -OCH3 is 2. The van der Waals surface area contributed by atoms with Crippen LogP contribution in [0.2, 0.25) is 10.0 Å². The highest BCUT2D eigenvalue weighted by Gasteiger charge is 2.34. The second kappa shape index (κ2) is 13.9. The Kier molecular flexibility index (Phi) is 10.9. The molecule has 41 heavy (non-hydrogen) atoms. The maximum atomic E-state index is 14.1. The minimum absolute atomic E-state index is 0.0319. The predicted molar refractivity (Wildman–Crippen MR) is 160 cm³/mol. The van der Waals surface area contributed by atoms with E-state index in [-0.39, 0.29) is 28.9 Å². The van der Waals surface area contributed by atoms with Gasteiger partial charge in [-0.3, -0.25) is 13.9 Å². The molecule has 0 radical (unpaired) electrons. The molecule has 0 heterocycles. The van der Waals surface area contributed by atoms with E-state index in [1.165, 1.54) is 43.4 Å². The highest BCUT2D eigenvalue weighted by Crippen LogP contribution is 2.36. The number of rotatable bonds is 12. The average molecular weight is 623 g/mol. The van der Waals surface area contributed by atoms with Crippen LogP contribution in [0.4, 0.5) is 5.69 Å². The van der Waals surface area contributed by atoms with Gasteiger partial charge in [0.05, 0.1) is 24.8 Å². The number of anilines is 1. The summed E-state index contributed by atoms with van der Waals surface area (Å²) in [6.45, 7) is 4.45. The zero-order valence-electron chi connectivity index (χ0n) is 23.4. The number of halogens is 2.